The Hall–Kier alpha value is -1.90. The molecule has 2 nitrogen and oxygen atoms in total. The van der Waals surface area contributed by atoms with Crippen LogP contribution in [-0.4, -0.2) is 4.98 Å². The average molecular weight is 313 g/mol. The zero-order chi connectivity index (χ0) is 16.1. The molecule has 0 saturated heterocycles. The van der Waals surface area contributed by atoms with E-state index >= 15 is 0 Å². The zero-order valence-corrected chi connectivity index (χ0v) is 14.0. The Morgan fingerprint density at radius 1 is 1.05 bits per heavy atom. The second-order valence-corrected chi connectivity index (χ2v) is 5.23. The number of rotatable bonds is 2. The average Bonchev–Trinajstić information content (AvgIpc) is 2.56. The molecule has 0 aliphatic heterocycles. The Labute approximate surface area is 136 Å². The summed E-state index contributed by atoms with van der Waals surface area (Å²) in [5.74, 6) is 0. The molecule has 0 aliphatic rings. The van der Waals surface area contributed by atoms with Crippen molar-refractivity contribution in [2.45, 2.75) is 27.3 Å². The number of benzene rings is 2. The highest BCUT2D eigenvalue weighted by Gasteiger charge is 2.11. The van der Waals surface area contributed by atoms with Crippen LogP contribution in [0.1, 0.15) is 25.0 Å². The lowest BCUT2D eigenvalue weighted by molar-refractivity contribution is 1.06. The van der Waals surface area contributed by atoms with E-state index in [0.29, 0.717) is 11.6 Å². The lowest BCUT2D eigenvalue weighted by Crippen LogP contribution is -2.02. The van der Waals surface area contributed by atoms with Gasteiger partial charge in [0.15, 0.2) is 0 Å². The van der Waals surface area contributed by atoms with Gasteiger partial charge in [-0.15, -0.1) is 0 Å². The van der Waals surface area contributed by atoms with Crippen LogP contribution >= 0.6 is 11.6 Å². The number of aryl methyl sites for hydroxylation is 1. The minimum absolute atomic E-state index is 0.442. The number of halogens is 1. The van der Waals surface area contributed by atoms with Gasteiger partial charge in [-0.1, -0.05) is 61.8 Å². The summed E-state index contributed by atoms with van der Waals surface area (Å²) in [7, 11) is 0. The van der Waals surface area contributed by atoms with Crippen molar-refractivity contribution in [3.63, 3.8) is 0 Å². The Balaban J connectivity index is 0.000000847. The lowest BCUT2D eigenvalue weighted by Gasteiger charge is -2.12. The second kappa shape index (κ2) is 7.39. The van der Waals surface area contributed by atoms with E-state index in [9.17, 15) is 0 Å². The number of fused-ring (bicyclic) bond motifs is 1. The number of pyridine rings is 1. The molecule has 3 heteroatoms. The van der Waals surface area contributed by atoms with Crippen molar-refractivity contribution in [2.75, 3.05) is 0 Å². The molecule has 0 unspecified atom stereocenters. The van der Waals surface area contributed by atoms with E-state index in [-0.39, 0.29) is 0 Å². The Morgan fingerprint density at radius 3 is 2.45 bits per heavy atom. The van der Waals surface area contributed by atoms with E-state index in [0.717, 1.165) is 33.3 Å². The summed E-state index contributed by atoms with van der Waals surface area (Å²) >= 11 is 6.30. The fraction of sp³-hybridized carbons (Fsp3) is 0.211. The summed E-state index contributed by atoms with van der Waals surface area (Å²) in [6, 6.07) is 16.0. The second-order valence-electron chi connectivity index (χ2n) is 4.83. The van der Waals surface area contributed by atoms with Crippen molar-refractivity contribution in [2.24, 2.45) is 5.73 Å². The molecule has 2 N–H and O–H groups in total. The number of nitrogens with zero attached hydrogens (tertiary/aromatic N) is 1. The Kier molecular flexibility index (Phi) is 5.53. The van der Waals surface area contributed by atoms with Crippen molar-refractivity contribution in [3.05, 3.63) is 64.7 Å². The first kappa shape index (κ1) is 16.5. The summed E-state index contributed by atoms with van der Waals surface area (Å²) in [5, 5.41) is 1.81. The minimum atomic E-state index is 0.442. The van der Waals surface area contributed by atoms with Gasteiger partial charge >= 0.3 is 0 Å². The van der Waals surface area contributed by atoms with Crippen molar-refractivity contribution >= 4 is 22.5 Å². The van der Waals surface area contributed by atoms with Crippen LogP contribution in [-0.2, 0) is 6.54 Å². The van der Waals surface area contributed by atoms with Gasteiger partial charge in [0.25, 0.3) is 0 Å². The van der Waals surface area contributed by atoms with Crippen LogP contribution in [0.5, 0.6) is 0 Å². The maximum atomic E-state index is 6.30. The highest BCUT2D eigenvalue weighted by atomic mass is 35.5. The maximum Gasteiger partial charge on any atom is 0.0769 e. The largest absolute Gasteiger partial charge is 0.326 e. The summed E-state index contributed by atoms with van der Waals surface area (Å²) < 4.78 is 0. The summed E-state index contributed by atoms with van der Waals surface area (Å²) in [6.45, 7) is 6.51. The fourth-order valence-electron chi connectivity index (χ4n) is 2.43. The molecule has 2 aromatic carbocycles. The van der Waals surface area contributed by atoms with Crippen LogP contribution < -0.4 is 5.73 Å². The Bertz CT molecular complexity index is 781. The maximum absolute atomic E-state index is 6.30. The van der Waals surface area contributed by atoms with Gasteiger partial charge in [0.1, 0.15) is 0 Å². The van der Waals surface area contributed by atoms with E-state index in [1.165, 1.54) is 0 Å². The van der Waals surface area contributed by atoms with Gasteiger partial charge in [-0.05, 0) is 30.2 Å². The van der Waals surface area contributed by atoms with Crippen LogP contribution in [0.2, 0.25) is 5.02 Å². The van der Waals surface area contributed by atoms with Gasteiger partial charge < -0.3 is 5.73 Å². The van der Waals surface area contributed by atoms with Crippen molar-refractivity contribution in [3.8, 4) is 11.3 Å². The molecular formula is C19H21ClN2. The monoisotopic (exact) mass is 312 g/mol. The summed E-state index contributed by atoms with van der Waals surface area (Å²) in [4.78, 5) is 4.81. The fourth-order valence-corrected chi connectivity index (χ4v) is 2.66. The third-order valence-corrected chi connectivity index (χ3v) is 3.80. The number of hydrogen-bond donors (Lipinski definition) is 1. The first-order valence-corrected chi connectivity index (χ1v) is 7.92. The predicted molar refractivity (Wildman–Crippen MR) is 96.2 cm³/mol. The third kappa shape index (κ3) is 3.13. The van der Waals surface area contributed by atoms with Gasteiger partial charge in [-0.3, -0.25) is 0 Å². The van der Waals surface area contributed by atoms with E-state index < -0.39 is 0 Å². The first-order valence-electron chi connectivity index (χ1n) is 7.55. The molecule has 0 radical (unpaired) electrons. The predicted octanol–water partition coefficient (Wildman–Crippen LogP) is 5.35. The zero-order valence-electron chi connectivity index (χ0n) is 13.2. The minimum Gasteiger partial charge on any atom is -0.326 e. The molecule has 0 spiro atoms. The molecule has 3 rings (SSSR count). The van der Waals surface area contributed by atoms with Gasteiger partial charge in [-0.25, -0.2) is 4.98 Å². The van der Waals surface area contributed by atoms with E-state index in [2.05, 4.69) is 25.1 Å². The standard InChI is InChI=1S/C17H15ClN2.C2H6/c1-11-5-4-6-12-9-13(10-19)17(20-16(11)12)14-7-2-3-8-15(14)18;1-2/h2-9H,10,19H2,1H3;1-2H3. The summed E-state index contributed by atoms with van der Waals surface area (Å²) in [5.41, 5.74) is 10.9. The van der Waals surface area contributed by atoms with Crippen LogP contribution in [0.25, 0.3) is 22.2 Å². The number of hydrogen-bond acceptors (Lipinski definition) is 2. The molecule has 22 heavy (non-hydrogen) atoms. The lowest BCUT2D eigenvalue weighted by atomic mass is 10.0. The van der Waals surface area contributed by atoms with Crippen LogP contribution in [0.4, 0.5) is 0 Å². The molecule has 0 aliphatic carbocycles. The molecule has 114 valence electrons. The third-order valence-electron chi connectivity index (χ3n) is 3.48. The van der Waals surface area contributed by atoms with Crippen molar-refractivity contribution in [1.29, 1.82) is 0 Å². The topological polar surface area (TPSA) is 38.9 Å². The molecular weight excluding hydrogens is 292 g/mol. The van der Waals surface area contributed by atoms with E-state index in [4.69, 9.17) is 22.3 Å². The van der Waals surface area contributed by atoms with Gasteiger partial charge in [-0.2, -0.15) is 0 Å². The van der Waals surface area contributed by atoms with Crippen LogP contribution in [0.3, 0.4) is 0 Å². The van der Waals surface area contributed by atoms with Crippen molar-refractivity contribution < 1.29 is 0 Å². The smallest absolute Gasteiger partial charge is 0.0769 e. The number of aromatic nitrogens is 1. The molecule has 0 saturated carbocycles. The van der Waals surface area contributed by atoms with Crippen LogP contribution in [0, 0.1) is 6.92 Å². The summed E-state index contributed by atoms with van der Waals surface area (Å²) in [6.07, 6.45) is 0. The number of para-hydroxylation sites is 1. The van der Waals surface area contributed by atoms with Gasteiger partial charge in [0.05, 0.1) is 11.2 Å². The van der Waals surface area contributed by atoms with Gasteiger partial charge in [0, 0.05) is 22.5 Å². The van der Waals surface area contributed by atoms with Crippen LogP contribution in [0.15, 0.2) is 48.5 Å². The van der Waals surface area contributed by atoms with Gasteiger partial charge in [0.2, 0.25) is 0 Å². The van der Waals surface area contributed by atoms with E-state index in [1.807, 2.05) is 44.2 Å². The molecule has 1 aromatic heterocycles. The molecule has 0 bridgehead atoms. The highest BCUT2D eigenvalue weighted by Crippen LogP contribution is 2.31. The molecule has 1 heterocycles. The molecule has 0 atom stereocenters. The van der Waals surface area contributed by atoms with E-state index in [1.54, 1.807) is 0 Å². The van der Waals surface area contributed by atoms with Crippen molar-refractivity contribution in [1.82, 2.24) is 4.98 Å². The first-order chi connectivity index (χ1) is 10.7. The number of nitrogens with two attached hydrogens (primary N) is 1. The molecule has 0 fully saturated rings. The Morgan fingerprint density at radius 2 is 1.77 bits per heavy atom. The quantitative estimate of drug-likeness (QED) is 0.693. The highest BCUT2D eigenvalue weighted by molar-refractivity contribution is 6.33. The molecule has 3 aromatic rings. The SMILES string of the molecule is CC.Cc1cccc2cc(CN)c(-c3ccccc3Cl)nc12. The normalized spacial score (nSPS) is 10.2. The molecule has 0 amide bonds.